The molecule has 0 spiro atoms. The minimum absolute atomic E-state index is 0.0133. The van der Waals surface area contributed by atoms with Crippen molar-refractivity contribution in [3.8, 4) is 6.07 Å². The molecule has 4 heterocycles. The van der Waals surface area contributed by atoms with E-state index in [9.17, 15) is 13.4 Å². The molecule has 0 radical (unpaired) electrons. The summed E-state index contributed by atoms with van der Waals surface area (Å²) < 4.78 is 32.2. The standard InChI is InChI=1S/C21H21ClFN7O2S/c1-20(11-33(32)21(2,19(25)30-20)6-3-7-27-33)17-14(23)4-5-15(28-17)29-18(31)16-13(22)8-12(9-24)10-26-16/h4-5,8,10H,3,6-7,11H2,1-2H3,(H2,25,30)(H,28,29,31)/t20-,21-,33-/m0/s1. The maximum atomic E-state index is 14.9. The highest BCUT2D eigenvalue weighted by molar-refractivity contribution is 7.95. The van der Waals surface area contributed by atoms with E-state index in [1.54, 1.807) is 13.8 Å². The number of hydrogen-bond acceptors (Lipinski definition) is 8. The van der Waals surface area contributed by atoms with Crippen molar-refractivity contribution >= 4 is 38.9 Å². The molecule has 0 bridgehead atoms. The molecule has 0 unspecified atom stereocenters. The predicted molar refractivity (Wildman–Crippen MR) is 123 cm³/mol. The number of hydrogen-bond donors (Lipinski definition) is 2. The van der Waals surface area contributed by atoms with Crippen LogP contribution in [-0.4, -0.2) is 43.0 Å². The van der Waals surface area contributed by atoms with Crippen LogP contribution in [0.4, 0.5) is 10.2 Å². The second-order valence-electron chi connectivity index (χ2n) is 8.39. The fourth-order valence-electron chi connectivity index (χ4n) is 4.08. The van der Waals surface area contributed by atoms with Crippen molar-refractivity contribution in [2.24, 2.45) is 15.1 Å². The van der Waals surface area contributed by atoms with Crippen LogP contribution >= 0.6 is 11.6 Å². The molecular weight excluding hydrogens is 469 g/mol. The first kappa shape index (κ1) is 23.1. The molecule has 3 atom stereocenters. The van der Waals surface area contributed by atoms with Gasteiger partial charge in [0.2, 0.25) is 0 Å². The van der Waals surface area contributed by atoms with Gasteiger partial charge in [0.15, 0.2) is 0 Å². The molecule has 0 aliphatic carbocycles. The Hall–Kier alpha value is -3.10. The molecule has 2 aromatic heterocycles. The van der Waals surface area contributed by atoms with Gasteiger partial charge in [0.05, 0.1) is 26.1 Å². The molecule has 2 aromatic rings. The smallest absolute Gasteiger partial charge is 0.276 e. The quantitative estimate of drug-likeness (QED) is 0.677. The number of amidine groups is 1. The number of nitrogens with two attached hydrogens (primary N) is 1. The number of amides is 1. The van der Waals surface area contributed by atoms with Gasteiger partial charge >= 0.3 is 0 Å². The first-order chi connectivity index (χ1) is 15.5. The lowest BCUT2D eigenvalue weighted by atomic mass is 9.96. The zero-order valence-electron chi connectivity index (χ0n) is 17.9. The molecular formula is C21H21ClFN7O2S. The Morgan fingerprint density at radius 2 is 2.15 bits per heavy atom. The number of aliphatic imine (C=N–C) groups is 1. The number of nitriles is 1. The van der Waals surface area contributed by atoms with Crippen molar-refractivity contribution in [2.45, 2.75) is 37.0 Å². The number of fused-ring (bicyclic) bond motifs is 1. The Bertz CT molecular complexity index is 1360. The Balaban J connectivity index is 1.70. The first-order valence-corrected chi connectivity index (χ1v) is 12.2. The van der Waals surface area contributed by atoms with Gasteiger partial charge in [-0.25, -0.2) is 22.9 Å². The normalized spacial score (nSPS) is 28.6. The molecule has 0 saturated heterocycles. The van der Waals surface area contributed by atoms with Gasteiger partial charge in [-0.1, -0.05) is 11.6 Å². The molecule has 0 fully saturated rings. The number of halogens is 2. The summed E-state index contributed by atoms with van der Waals surface area (Å²) in [5.74, 6) is -1.22. The van der Waals surface area contributed by atoms with E-state index in [1.165, 1.54) is 18.3 Å². The number of carbonyl (C=O) groups excluding carboxylic acids is 1. The SMILES string of the molecule is C[C@@]12CCCN=[S@]1(=O)C[C@@](C)(c1nc(NC(=O)c3ncc(C#N)cc3Cl)ccc1F)N=C2N. The van der Waals surface area contributed by atoms with Gasteiger partial charge in [-0.15, -0.1) is 0 Å². The summed E-state index contributed by atoms with van der Waals surface area (Å²) in [5, 5.41) is 11.4. The van der Waals surface area contributed by atoms with Crippen LogP contribution < -0.4 is 11.1 Å². The highest BCUT2D eigenvalue weighted by Crippen LogP contribution is 2.42. The van der Waals surface area contributed by atoms with Crippen LogP contribution in [0.1, 0.15) is 48.4 Å². The lowest BCUT2D eigenvalue weighted by molar-refractivity contribution is 0.102. The third kappa shape index (κ3) is 3.83. The zero-order chi connectivity index (χ0) is 24.0. The first-order valence-electron chi connectivity index (χ1n) is 10.1. The van der Waals surface area contributed by atoms with Gasteiger partial charge in [0.1, 0.15) is 45.2 Å². The molecule has 12 heteroatoms. The summed E-state index contributed by atoms with van der Waals surface area (Å²) in [6.45, 7) is 3.83. The second-order valence-corrected chi connectivity index (χ2v) is 11.5. The van der Waals surface area contributed by atoms with Gasteiger partial charge in [-0.3, -0.25) is 9.79 Å². The summed E-state index contributed by atoms with van der Waals surface area (Å²) in [4.78, 5) is 25.3. The Labute approximate surface area is 195 Å². The minimum Gasteiger partial charge on any atom is -0.386 e. The average Bonchev–Trinajstić information content (AvgIpc) is 2.76. The van der Waals surface area contributed by atoms with E-state index < -0.39 is 31.7 Å². The molecule has 9 nitrogen and oxygen atoms in total. The second kappa shape index (κ2) is 8.04. The van der Waals surface area contributed by atoms with E-state index in [0.717, 1.165) is 12.5 Å². The van der Waals surface area contributed by atoms with Crippen molar-refractivity contribution in [1.29, 1.82) is 5.26 Å². The van der Waals surface area contributed by atoms with Crippen molar-refractivity contribution in [2.75, 3.05) is 17.6 Å². The molecule has 0 saturated carbocycles. The van der Waals surface area contributed by atoms with Gasteiger partial charge < -0.3 is 11.1 Å². The van der Waals surface area contributed by atoms with E-state index in [1.807, 2.05) is 6.07 Å². The Kier molecular flexibility index (Phi) is 5.62. The van der Waals surface area contributed by atoms with Crippen LogP contribution in [0.2, 0.25) is 5.02 Å². The number of rotatable bonds is 3. The predicted octanol–water partition coefficient (Wildman–Crippen LogP) is 3.00. The number of nitrogens with zero attached hydrogens (tertiary/aromatic N) is 5. The number of nitrogens with one attached hydrogen (secondary N) is 1. The van der Waals surface area contributed by atoms with E-state index in [0.29, 0.717) is 13.0 Å². The zero-order valence-corrected chi connectivity index (χ0v) is 19.5. The van der Waals surface area contributed by atoms with Gasteiger partial charge in [0.25, 0.3) is 5.91 Å². The summed E-state index contributed by atoms with van der Waals surface area (Å²) in [7, 11) is -2.82. The van der Waals surface area contributed by atoms with E-state index in [4.69, 9.17) is 22.6 Å². The van der Waals surface area contributed by atoms with Crippen LogP contribution in [0.25, 0.3) is 0 Å². The van der Waals surface area contributed by atoms with Crippen LogP contribution in [0.3, 0.4) is 0 Å². The van der Waals surface area contributed by atoms with Crippen molar-refractivity contribution < 1.29 is 13.4 Å². The maximum Gasteiger partial charge on any atom is 0.276 e. The highest BCUT2D eigenvalue weighted by atomic mass is 35.5. The van der Waals surface area contributed by atoms with Crippen molar-refractivity contribution in [3.05, 3.63) is 52.2 Å². The third-order valence-electron chi connectivity index (χ3n) is 5.98. The van der Waals surface area contributed by atoms with Gasteiger partial charge in [0, 0.05) is 12.7 Å². The van der Waals surface area contributed by atoms with Gasteiger partial charge in [-0.05, 0) is 44.9 Å². The van der Waals surface area contributed by atoms with Gasteiger partial charge in [-0.2, -0.15) is 5.26 Å². The van der Waals surface area contributed by atoms with E-state index in [2.05, 4.69) is 24.6 Å². The minimum atomic E-state index is -2.82. The number of aromatic nitrogens is 2. The van der Waals surface area contributed by atoms with Crippen LogP contribution in [0.15, 0.2) is 33.8 Å². The molecule has 33 heavy (non-hydrogen) atoms. The summed E-state index contributed by atoms with van der Waals surface area (Å²) >= 11 is 6.05. The fourth-order valence-corrected chi connectivity index (χ4v) is 7.25. The molecule has 2 aliphatic heterocycles. The summed E-state index contributed by atoms with van der Waals surface area (Å²) in [6, 6.07) is 5.61. The molecule has 1 amide bonds. The topological polar surface area (TPSA) is 146 Å². The maximum absolute atomic E-state index is 14.9. The van der Waals surface area contributed by atoms with E-state index in [-0.39, 0.29) is 39.4 Å². The Morgan fingerprint density at radius 1 is 1.39 bits per heavy atom. The average molecular weight is 490 g/mol. The van der Waals surface area contributed by atoms with Crippen LogP contribution in [0.5, 0.6) is 0 Å². The summed E-state index contributed by atoms with van der Waals surface area (Å²) in [5.41, 5.74) is 4.90. The van der Waals surface area contributed by atoms with Crippen LogP contribution in [-0.2, 0) is 15.3 Å². The molecule has 4 rings (SSSR count). The van der Waals surface area contributed by atoms with E-state index >= 15 is 0 Å². The fraction of sp³-hybridized carbons (Fsp3) is 0.381. The van der Waals surface area contributed by atoms with Crippen molar-refractivity contribution in [1.82, 2.24) is 9.97 Å². The Morgan fingerprint density at radius 3 is 2.85 bits per heavy atom. The lowest BCUT2D eigenvalue weighted by Gasteiger charge is -2.43. The molecule has 2 aliphatic rings. The number of pyridine rings is 2. The number of carbonyl (C=O) groups is 1. The molecule has 0 aromatic carbocycles. The highest BCUT2D eigenvalue weighted by Gasteiger charge is 2.51. The van der Waals surface area contributed by atoms with Crippen molar-refractivity contribution in [3.63, 3.8) is 0 Å². The molecule has 172 valence electrons. The lowest BCUT2D eigenvalue weighted by Crippen LogP contribution is -2.57. The number of anilines is 1. The largest absolute Gasteiger partial charge is 0.386 e. The molecule has 3 N–H and O–H groups in total. The monoisotopic (exact) mass is 489 g/mol. The third-order valence-corrected chi connectivity index (χ3v) is 9.65. The van der Waals surface area contributed by atoms with Crippen LogP contribution in [0, 0.1) is 17.1 Å². The summed E-state index contributed by atoms with van der Waals surface area (Å²) in [6.07, 6.45) is 2.55.